The number of anilines is 1. The zero-order valence-corrected chi connectivity index (χ0v) is 8.68. The molecule has 0 aliphatic rings. The molecule has 0 amide bonds. The van der Waals surface area contributed by atoms with Gasteiger partial charge < -0.3 is 30.2 Å². The van der Waals surface area contributed by atoms with Gasteiger partial charge in [0, 0.05) is 5.69 Å². The summed E-state index contributed by atoms with van der Waals surface area (Å²) in [7, 11) is 0. The van der Waals surface area contributed by atoms with Crippen LogP contribution in [0.15, 0.2) is 18.2 Å². The van der Waals surface area contributed by atoms with Gasteiger partial charge in [0.15, 0.2) is 0 Å². The summed E-state index contributed by atoms with van der Waals surface area (Å²) in [5.41, 5.74) is 3.49. The lowest BCUT2D eigenvalue weighted by molar-refractivity contribution is 1.34. The Morgan fingerprint density at radius 2 is 2.00 bits per heavy atom. The van der Waals surface area contributed by atoms with Crippen LogP contribution in [0.5, 0.6) is 0 Å². The van der Waals surface area contributed by atoms with Crippen molar-refractivity contribution in [2.45, 2.75) is 13.8 Å². The highest BCUT2D eigenvalue weighted by Gasteiger charge is 1.93. The van der Waals surface area contributed by atoms with Gasteiger partial charge in [0.05, 0.1) is 0 Å². The Morgan fingerprint density at radius 3 is 2.50 bits per heavy atom. The molecule has 0 saturated heterocycles. The average molecular weight is 196 g/mol. The van der Waals surface area contributed by atoms with Crippen molar-refractivity contribution in [1.29, 1.82) is 0 Å². The first-order valence-corrected chi connectivity index (χ1v) is 4.46. The Balaban J connectivity index is 2.89. The molecule has 12 heavy (non-hydrogen) atoms. The monoisotopic (exact) mass is 196 g/mol. The van der Waals surface area contributed by atoms with E-state index in [1.165, 1.54) is 11.1 Å². The molecule has 0 atom stereocenters. The summed E-state index contributed by atoms with van der Waals surface area (Å²) in [5.74, 6) is 0. The van der Waals surface area contributed by atoms with E-state index in [4.69, 9.17) is 24.8 Å². The molecule has 0 aromatic heterocycles. The van der Waals surface area contributed by atoms with Gasteiger partial charge in [0.25, 0.3) is 0 Å². The fourth-order valence-electron chi connectivity index (χ4n) is 0.937. The van der Waals surface area contributed by atoms with Gasteiger partial charge in [-0.05, 0) is 37.1 Å². The third kappa shape index (κ3) is 2.43. The smallest absolute Gasteiger partial charge is 0.0374 e. The molecule has 0 unspecified atom stereocenters. The molecule has 1 N–H and O–H groups in total. The standard InChI is InChI=1S/C9H11NS2/c1-6-3-4-8(5-7(6)2)10-9(11)12/h3-5H,1-2H3,(H2,10,11,12)/p-1. The topological polar surface area (TPSA) is 12.0 Å². The zero-order chi connectivity index (χ0) is 9.14. The molecule has 0 bridgehead atoms. The molecule has 0 saturated carbocycles. The molecule has 0 fully saturated rings. The first-order valence-electron chi connectivity index (χ1n) is 3.65. The maximum Gasteiger partial charge on any atom is 0.0374 e. The second kappa shape index (κ2) is 3.83. The highest BCUT2D eigenvalue weighted by molar-refractivity contribution is 8.00. The lowest BCUT2D eigenvalue weighted by Gasteiger charge is -2.10. The summed E-state index contributed by atoms with van der Waals surface area (Å²) in [6.45, 7) is 4.14. The molecule has 0 heterocycles. The van der Waals surface area contributed by atoms with E-state index in [9.17, 15) is 0 Å². The van der Waals surface area contributed by atoms with E-state index in [1.807, 2.05) is 18.2 Å². The van der Waals surface area contributed by atoms with Gasteiger partial charge in [0.1, 0.15) is 0 Å². The van der Waals surface area contributed by atoms with E-state index in [-0.39, 0.29) is 0 Å². The Hall–Kier alpha value is -0.670. The highest BCUT2D eigenvalue weighted by atomic mass is 32.1. The summed E-state index contributed by atoms with van der Waals surface area (Å²) >= 11 is 9.51. The minimum Gasteiger partial charge on any atom is -0.411 e. The van der Waals surface area contributed by atoms with Gasteiger partial charge in [-0.3, -0.25) is 0 Å². The molecule has 0 aliphatic carbocycles. The first kappa shape index (κ1) is 9.42. The van der Waals surface area contributed by atoms with Crippen LogP contribution in [0.1, 0.15) is 11.1 Å². The third-order valence-corrected chi connectivity index (χ3v) is 1.96. The molecule has 64 valence electrons. The molecular formula is C9H10NS2-. The number of thiocarbonyl (C=S) groups is 1. The molecule has 0 spiro atoms. The minimum absolute atomic E-state index is 0.387. The second-order valence-electron chi connectivity index (χ2n) is 2.71. The van der Waals surface area contributed by atoms with Crippen LogP contribution in [0.25, 0.3) is 0 Å². The summed E-state index contributed by atoms with van der Waals surface area (Å²) in [6.07, 6.45) is 0. The van der Waals surface area contributed by atoms with E-state index >= 15 is 0 Å². The molecule has 1 nitrogen and oxygen atoms in total. The quantitative estimate of drug-likeness (QED) is 0.547. The normalized spacial score (nSPS) is 9.50. The largest absolute Gasteiger partial charge is 0.411 e. The van der Waals surface area contributed by atoms with Crippen molar-refractivity contribution in [3.63, 3.8) is 0 Å². The number of benzene rings is 1. The summed E-state index contributed by atoms with van der Waals surface area (Å²) < 4.78 is 0.387. The van der Waals surface area contributed by atoms with Gasteiger partial charge in [-0.1, -0.05) is 10.4 Å². The van der Waals surface area contributed by atoms with Crippen molar-refractivity contribution in [2.75, 3.05) is 5.32 Å². The predicted octanol–water partition coefficient (Wildman–Crippen LogP) is 2.55. The lowest BCUT2D eigenvalue weighted by Crippen LogP contribution is -2.04. The molecule has 0 radical (unpaired) electrons. The Bertz CT molecular complexity index is 307. The zero-order valence-electron chi connectivity index (χ0n) is 7.05. The van der Waals surface area contributed by atoms with Crippen molar-refractivity contribution < 1.29 is 0 Å². The predicted molar refractivity (Wildman–Crippen MR) is 59.5 cm³/mol. The fourth-order valence-corrected chi connectivity index (χ4v) is 1.17. The van der Waals surface area contributed by atoms with Gasteiger partial charge in [-0.2, -0.15) is 0 Å². The Labute approximate surface area is 83.6 Å². The first-order chi connectivity index (χ1) is 5.59. The van der Waals surface area contributed by atoms with Crippen LogP contribution in [0.4, 0.5) is 5.69 Å². The second-order valence-corrected chi connectivity index (χ2v) is 3.79. The van der Waals surface area contributed by atoms with E-state index in [0.717, 1.165) is 5.69 Å². The number of hydrogen-bond acceptors (Lipinski definition) is 2. The van der Waals surface area contributed by atoms with Crippen molar-refractivity contribution in [1.82, 2.24) is 0 Å². The molecule has 0 aliphatic heterocycles. The van der Waals surface area contributed by atoms with E-state index < -0.39 is 0 Å². The minimum atomic E-state index is 0.387. The number of rotatable bonds is 1. The molecule has 1 aromatic carbocycles. The highest BCUT2D eigenvalue weighted by Crippen LogP contribution is 2.13. The van der Waals surface area contributed by atoms with E-state index in [2.05, 4.69) is 19.2 Å². The Kier molecular flexibility index (Phi) is 3.00. The SMILES string of the molecule is Cc1ccc(NC(=S)[S-])cc1C. The van der Waals surface area contributed by atoms with Crippen LogP contribution < -0.4 is 5.32 Å². The fraction of sp³-hybridized carbons (Fsp3) is 0.222. The lowest BCUT2D eigenvalue weighted by atomic mass is 10.1. The van der Waals surface area contributed by atoms with Gasteiger partial charge >= 0.3 is 0 Å². The summed E-state index contributed by atoms with van der Waals surface area (Å²) in [4.78, 5) is 0. The Morgan fingerprint density at radius 1 is 1.33 bits per heavy atom. The van der Waals surface area contributed by atoms with Crippen LogP contribution in [0.3, 0.4) is 0 Å². The molecule has 1 rings (SSSR count). The van der Waals surface area contributed by atoms with E-state index in [0.29, 0.717) is 4.32 Å². The number of aryl methyl sites for hydroxylation is 2. The van der Waals surface area contributed by atoms with Gasteiger partial charge in [0.2, 0.25) is 0 Å². The number of nitrogens with one attached hydrogen (secondary N) is 1. The van der Waals surface area contributed by atoms with Gasteiger partial charge in [-0.25, -0.2) is 0 Å². The van der Waals surface area contributed by atoms with Crippen LogP contribution >= 0.6 is 12.2 Å². The maximum absolute atomic E-state index is 4.76. The summed E-state index contributed by atoms with van der Waals surface area (Å²) in [5, 5.41) is 2.92. The molecule has 3 heteroatoms. The molecular weight excluding hydrogens is 186 g/mol. The third-order valence-electron chi connectivity index (χ3n) is 1.75. The van der Waals surface area contributed by atoms with Crippen molar-refractivity contribution >= 4 is 34.9 Å². The van der Waals surface area contributed by atoms with Gasteiger partial charge in [-0.15, -0.1) is 0 Å². The van der Waals surface area contributed by atoms with Crippen molar-refractivity contribution in [3.8, 4) is 0 Å². The van der Waals surface area contributed by atoms with Crippen molar-refractivity contribution in [3.05, 3.63) is 29.3 Å². The number of hydrogen-bond donors (Lipinski definition) is 1. The average Bonchev–Trinajstić information content (AvgIpc) is 1.96. The maximum atomic E-state index is 4.76. The summed E-state index contributed by atoms with van der Waals surface area (Å²) in [6, 6.07) is 6.06. The van der Waals surface area contributed by atoms with Crippen LogP contribution in [0, 0.1) is 13.8 Å². The van der Waals surface area contributed by atoms with Crippen LogP contribution in [-0.4, -0.2) is 4.32 Å². The van der Waals surface area contributed by atoms with Crippen molar-refractivity contribution in [2.24, 2.45) is 0 Å². The van der Waals surface area contributed by atoms with Crippen LogP contribution in [-0.2, 0) is 12.6 Å². The van der Waals surface area contributed by atoms with E-state index in [1.54, 1.807) is 0 Å². The molecule has 1 aromatic rings. The van der Waals surface area contributed by atoms with Crippen LogP contribution in [0.2, 0.25) is 0 Å².